The van der Waals surface area contributed by atoms with Gasteiger partial charge in [-0.25, -0.2) is 4.39 Å². The number of carbonyl (C=O) groups is 1. The van der Waals surface area contributed by atoms with E-state index in [2.05, 4.69) is 5.32 Å². The Morgan fingerprint density at radius 3 is 3.00 bits per heavy atom. The van der Waals surface area contributed by atoms with Crippen LogP contribution in [0, 0.1) is 17.1 Å². The van der Waals surface area contributed by atoms with Crippen molar-refractivity contribution in [2.45, 2.75) is 13.0 Å². The molecule has 0 radical (unpaired) electrons. The van der Waals surface area contributed by atoms with E-state index >= 15 is 0 Å². The molecule has 0 aromatic heterocycles. The summed E-state index contributed by atoms with van der Waals surface area (Å²) in [5, 5.41) is 20.0. The first-order valence-electron chi connectivity index (χ1n) is 5.28. The quantitative estimate of drug-likeness (QED) is 0.763. The summed E-state index contributed by atoms with van der Waals surface area (Å²) < 4.78 is 18.2. The lowest BCUT2D eigenvalue weighted by molar-refractivity contribution is -0.122. The molecule has 18 heavy (non-hydrogen) atoms. The largest absolute Gasteiger partial charge is 0.483 e. The number of nitriles is 1. The van der Waals surface area contributed by atoms with Crippen molar-refractivity contribution >= 4 is 5.91 Å². The predicted octanol–water partition coefficient (Wildman–Crippen LogP) is 0.898. The van der Waals surface area contributed by atoms with E-state index in [0.29, 0.717) is 0 Å². The zero-order valence-electron chi connectivity index (χ0n) is 9.81. The minimum absolute atomic E-state index is 0.102. The molecule has 0 aliphatic carbocycles. The average molecular weight is 252 g/mol. The molecular formula is C12H13FN2O3. The van der Waals surface area contributed by atoms with Crippen molar-refractivity contribution in [2.24, 2.45) is 0 Å². The summed E-state index contributed by atoms with van der Waals surface area (Å²) in [6, 6.07) is 5.42. The summed E-state index contributed by atoms with van der Waals surface area (Å²) >= 11 is 0. The highest BCUT2D eigenvalue weighted by Crippen LogP contribution is 2.25. The van der Waals surface area contributed by atoms with E-state index in [9.17, 15) is 14.3 Å². The molecule has 0 spiro atoms. The van der Waals surface area contributed by atoms with Crippen molar-refractivity contribution in [1.29, 1.82) is 5.26 Å². The van der Waals surface area contributed by atoms with Crippen LogP contribution in [0.2, 0.25) is 0 Å². The molecule has 2 N–H and O–H groups in total. The van der Waals surface area contributed by atoms with Gasteiger partial charge in [-0.2, -0.15) is 5.26 Å². The van der Waals surface area contributed by atoms with Gasteiger partial charge in [-0.1, -0.05) is 0 Å². The molecule has 0 aliphatic rings. The van der Waals surface area contributed by atoms with Gasteiger partial charge in [0.05, 0.1) is 12.2 Å². The van der Waals surface area contributed by atoms with Gasteiger partial charge < -0.3 is 15.2 Å². The second-order valence-corrected chi connectivity index (χ2v) is 3.58. The van der Waals surface area contributed by atoms with Gasteiger partial charge in [0.25, 0.3) is 5.91 Å². The van der Waals surface area contributed by atoms with Crippen LogP contribution in [0.3, 0.4) is 0 Å². The minimum atomic E-state index is -0.905. The molecule has 1 aromatic carbocycles. The van der Waals surface area contributed by atoms with Crippen LogP contribution in [0.4, 0.5) is 4.39 Å². The Bertz CT molecular complexity index is 469. The van der Waals surface area contributed by atoms with E-state index in [0.717, 1.165) is 6.07 Å². The SMILES string of the molecule is C[C@@H](O)c1cc(F)ccc1OCC(=O)NCC#N. The van der Waals surface area contributed by atoms with Crippen molar-refractivity contribution in [1.82, 2.24) is 5.32 Å². The third kappa shape index (κ3) is 4.03. The Labute approximate surface area is 104 Å². The van der Waals surface area contributed by atoms with Crippen LogP contribution in [0.5, 0.6) is 5.75 Å². The van der Waals surface area contributed by atoms with Crippen molar-refractivity contribution in [3.63, 3.8) is 0 Å². The number of benzene rings is 1. The second kappa shape index (κ2) is 6.57. The normalized spacial score (nSPS) is 11.4. The minimum Gasteiger partial charge on any atom is -0.483 e. The van der Waals surface area contributed by atoms with Crippen LogP contribution in [0.15, 0.2) is 18.2 Å². The molecule has 0 fully saturated rings. The van der Waals surface area contributed by atoms with Gasteiger partial charge in [0.1, 0.15) is 18.1 Å². The molecule has 1 aromatic rings. The Kier molecular flexibility index (Phi) is 5.08. The van der Waals surface area contributed by atoms with Crippen LogP contribution in [-0.4, -0.2) is 24.2 Å². The summed E-state index contributed by atoms with van der Waals surface area (Å²) in [5.74, 6) is -0.719. The number of rotatable bonds is 5. The van der Waals surface area contributed by atoms with Gasteiger partial charge in [-0.05, 0) is 25.1 Å². The number of amides is 1. The van der Waals surface area contributed by atoms with E-state index in [1.807, 2.05) is 0 Å². The third-order valence-corrected chi connectivity index (χ3v) is 2.15. The maximum atomic E-state index is 13.0. The van der Waals surface area contributed by atoms with Crippen LogP contribution >= 0.6 is 0 Å². The Morgan fingerprint density at radius 2 is 2.39 bits per heavy atom. The summed E-state index contributed by atoms with van der Waals surface area (Å²) in [6.45, 7) is 1.07. The lowest BCUT2D eigenvalue weighted by atomic mass is 10.1. The first kappa shape index (κ1) is 13.9. The maximum Gasteiger partial charge on any atom is 0.258 e. The molecule has 0 unspecified atom stereocenters. The molecule has 1 atom stereocenters. The fraction of sp³-hybridized carbons (Fsp3) is 0.333. The number of aliphatic hydroxyl groups is 1. The summed E-state index contributed by atoms with van der Waals surface area (Å²) in [6.07, 6.45) is -0.905. The van der Waals surface area contributed by atoms with Crippen molar-refractivity contribution in [3.05, 3.63) is 29.6 Å². The van der Waals surface area contributed by atoms with Gasteiger partial charge in [0.2, 0.25) is 0 Å². The molecule has 6 heteroatoms. The highest BCUT2D eigenvalue weighted by atomic mass is 19.1. The van der Waals surface area contributed by atoms with E-state index < -0.39 is 17.8 Å². The number of nitrogens with zero attached hydrogens (tertiary/aromatic N) is 1. The summed E-state index contributed by atoms with van der Waals surface area (Å²) in [5.41, 5.74) is 0.267. The molecule has 1 rings (SSSR count). The van der Waals surface area contributed by atoms with E-state index in [1.165, 1.54) is 19.1 Å². The zero-order valence-corrected chi connectivity index (χ0v) is 9.81. The monoisotopic (exact) mass is 252 g/mol. The van der Waals surface area contributed by atoms with Gasteiger partial charge in [0.15, 0.2) is 6.61 Å². The second-order valence-electron chi connectivity index (χ2n) is 3.58. The molecule has 0 saturated heterocycles. The lowest BCUT2D eigenvalue weighted by Gasteiger charge is -2.13. The first-order valence-corrected chi connectivity index (χ1v) is 5.28. The lowest BCUT2D eigenvalue weighted by Crippen LogP contribution is -2.29. The predicted molar refractivity (Wildman–Crippen MR) is 61.2 cm³/mol. The van der Waals surface area contributed by atoms with Gasteiger partial charge in [0, 0.05) is 5.56 Å². The van der Waals surface area contributed by atoms with Crippen molar-refractivity contribution in [2.75, 3.05) is 13.2 Å². The molecule has 0 heterocycles. The number of carbonyl (C=O) groups excluding carboxylic acids is 1. The molecule has 96 valence electrons. The van der Waals surface area contributed by atoms with Crippen molar-refractivity contribution < 1.29 is 19.0 Å². The van der Waals surface area contributed by atoms with Gasteiger partial charge >= 0.3 is 0 Å². The Balaban J connectivity index is 2.67. The summed E-state index contributed by atoms with van der Waals surface area (Å²) in [7, 11) is 0. The average Bonchev–Trinajstić information content (AvgIpc) is 2.34. The van der Waals surface area contributed by atoms with E-state index in [1.54, 1.807) is 6.07 Å². The zero-order chi connectivity index (χ0) is 13.5. The fourth-order valence-electron chi connectivity index (χ4n) is 1.31. The number of nitrogens with one attached hydrogen (secondary N) is 1. The molecule has 0 aliphatic heterocycles. The number of aliphatic hydroxyl groups excluding tert-OH is 1. The number of ether oxygens (including phenoxy) is 1. The smallest absolute Gasteiger partial charge is 0.258 e. The maximum absolute atomic E-state index is 13.0. The Hall–Kier alpha value is -2.13. The van der Waals surface area contributed by atoms with Crippen LogP contribution in [0.1, 0.15) is 18.6 Å². The third-order valence-electron chi connectivity index (χ3n) is 2.15. The fourth-order valence-corrected chi connectivity index (χ4v) is 1.31. The van der Waals surface area contributed by atoms with Crippen LogP contribution in [-0.2, 0) is 4.79 Å². The molecule has 0 saturated carbocycles. The van der Waals surface area contributed by atoms with E-state index in [-0.39, 0.29) is 24.5 Å². The molecule has 5 nitrogen and oxygen atoms in total. The summed E-state index contributed by atoms with van der Waals surface area (Å²) in [4.78, 5) is 11.2. The van der Waals surface area contributed by atoms with Gasteiger partial charge in [-0.3, -0.25) is 4.79 Å². The van der Waals surface area contributed by atoms with E-state index in [4.69, 9.17) is 10.00 Å². The number of hydrogen-bond acceptors (Lipinski definition) is 4. The highest BCUT2D eigenvalue weighted by Gasteiger charge is 2.11. The van der Waals surface area contributed by atoms with Crippen molar-refractivity contribution in [3.8, 4) is 11.8 Å². The highest BCUT2D eigenvalue weighted by molar-refractivity contribution is 5.77. The standard InChI is InChI=1S/C12H13FN2O3/c1-8(16)10-6-9(13)2-3-11(10)18-7-12(17)15-5-4-14/h2-3,6,8,16H,5,7H2,1H3,(H,15,17)/t8-/m1/s1. The molecule has 1 amide bonds. The number of hydrogen-bond donors (Lipinski definition) is 2. The van der Waals surface area contributed by atoms with Gasteiger partial charge in [-0.15, -0.1) is 0 Å². The Morgan fingerprint density at radius 1 is 1.67 bits per heavy atom. The molecule has 0 bridgehead atoms. The van der Waals surface area contributed by atoms with Crippen LogP contribution < -0.4 is 10.1 Å². The first-order chi connectivity index (χ1) is 8.54. The number of halogens is 1. The topological polar surface area (TPSA) is 82.3 Å². The van der Waals surface area contributed by atoms with Crippen LogP contribution in [0.25, 0.3) is 0 Å². The molecular weight excluding hydrogens is 239 g/mol.